The van der Waals surface area contributed by atoms with Gasteiger partial charge < -0.3 is 63.9 Å². The van der Waals surface area contributed by atoms with Crippen molar-refractivity contribution >= 4 is 11.9 Å². The molecule has 2 saturated heterocycles. The van der Waals surface area contributed by atoms with Gasteiger partial charge in [-0.3, -0.25) is 0 Å². The van der Waals surface area contributed by atoms with Crippen molar-refractivity contribution in [2.24, 2.45) is 0 Å². The van der Waals surface area contributed by atoms with Crippen molar-refractivity contribution in [1.82, 2.24) is 0 Å². The average Bonchev–Trinajstić information content (AvgIpc) is 2.62. The minimum Gasteiger partial charge on any atom is -0.547 e. The van der Waals surface area contributed by atoms with Crippen LogP contribution in [0.3, 0.4) is 0 Å². The van der Waals surface area contributed by atoms with Crippen LogP contribution in [-0.2, 0) is 33.3 Å². The number of aliphatic carboxylic acids is 2. The molecule has 0 spiro atoms. The van der Waals surface area contributed by atoms with Crippen molar-refractivity contribution in [1.29, 1.82) is 0 Å². The summed E-state index contributed by atoms with van der Waals surface area (Å²) in [6, 6.07) is 0. The zero-order chi connectivity index (χ0) is 20.5. The van der Waals surface area contributed by atoms with Gasteiger partial charge in [0, 0.05) is 14.2 Å². The Labute approximate surface area is 152 Å². The molecule has 2 rings (SSSR count). The van der Waals surface area contributed by atoms with Gasteiger partial charge in [-0.15, -0.1) is 0 Å². The van der Waals surface area contributed by atoms with Gasteiger partial charge in [0.25, 0.3) is 0 Å². The van der Waals surface area contributed by atoms with Gasteiger partial charge in [0.05, 0.1) is 11.9 Å². The topological polar surface area (TPSA) is 207 Å². The number of hydrogen-bond donors (Lipinski definition) is 4. The number of methoxy groups -OCH3 is 2. The third-order valence-electron chi connectivity index (χ3n) is 4.35. The van der Waals surface area contributed by atoms with Crippen LogP contribution in [0.2, 0.25) is 0 Å². The minimum absolute atomic E-state index is 1.06. The molecule has 0 amide bonds. The molecule has 0 saturated carbocycles. The maximum absolute atomic E-state index is 11.3. The number of ether oxygens (including phenoxy) is 5. The Kier molecular flexibility index (Phi) is 7.07. The quantitative estimate of drug-likeness (QED) is 0.330. The molecule has 0 aromatic rings. The fraction of sp³-hybridized carbons (Fsp3) is 0.857. The maximum Gasteiger partial charge on any atom is 0.187 e. The van der Waals surface area contributed by atoms with E-state index in [1.165, 1.54) is 0 Å². The average molecular weight is 396 g/mol. The van der Waals surface area contributed by atoms with E-state index in [0.717, 1.165) is 14.2 Å². The van der Waals surface area contributed by atoms with Crippen molar-refractivity contribution in [2.75, 3.05) is 14.2 Å². The first-order valence-electron chi connectivity index (χ1n) is 7.80. The van der Waals surface area contributed by atoms with Gasteiger partial charge >= 0.3 is 0 Å². The zero-order valence-corrected chi connectivity index (χ0v) is 14.2. The number of aliphatic hydroxyl groups is 4. The van der Waals surface area contributed by atoms with Gasteiger partial charge in [-0.25, -0.2) is 0 Å². The normalized spacial score (nSPS) is 45.4. The predicted octanol–water partition coefficient (Wildman–Crippen LogP) is -6.57. The second-order valence-corrected chi connectivity index (χ2v) is 5.99. The lowest BCUT2D eigenvalue weighted by Crippen LogP contribution is -2.67. The summed E-state index contributed by atoms with van der Waals surface area (Å²) in [5.74, 6) is -3.64. The van der Waals surface area contributed by atoms with E-state index in [1.807, 2.05) is 0 Å². The lowest BCUT2D eigenvalue weighted by molar-refractivity contribution is -0.381. The molecule has 0 aliphatic carbocycles. The van der Waals surface area contributed by atoms with E-state index in [0.29, 0.717) is 0 Å². The van der Waals surface area contributed by atoms with Gasteiger partial charge in [-0.1, -0.05) is 0 Å². The van der Waals surface area contributed by atoms with Gasteiger partial charge in [-0.05, 0) is 0 Å². The smallest absolute Gasteiger partial charge is 0.187 e. The summed E-state index contributed by atoms with van der Waals surface area (Å²) in [7, 11) is 2.15. The zero-order valence-electron chi connectivity index (χ0n) is 14.2. The first kappa shape index (κ1) is 21.9. The van der Waals surface area contributed by atoms with Crippen molar-refractivity contribution in [3.63, 3.8) is 0 Å². The lowest BCUT2D eigenvalue weighted by atomic mass is 9.96. The molecule has 4 unspecified atom stereocenters. The van der Waals surface area contributed by atoms with Gasteiger partial charge in [0.1, 0.15) is 48.8 Å². The Bertz CT molecular complexity index is 541. The van der Waals surface area contributed by atoms with E-state index >= 15 is 0 Å². The highest BCUT2D eigenvalue weighted by atomic mass is 16.7. The molecule has 0 aromatic carbocycles. The summed E-state index contributed by atoms with van der Waals surface area (Å²) in [6.07, 6.45) is -18.0. The van der Waals surface area contributed by atoms with Crippen LogP contribution in [0.1, 0.15) is 0 Å². The minimum atomic E-state index is -1.97. The molecule has 2 aliphatic rings. The second-order valence-electron chi connectivity index (χ2n) is 5.99. The molecule has 2 fully saturated rings. The van der Waals surface area contributed by atoms with Gasteiger partial charge in [-0.2, -0.15) is 0 Å². The van der Waals surface area contributed by atoms with Crippen LogP contribution >= 0.6 is 0 Å². The molecular weight excluding hydrogens is 376 g/mol. The Balaban J connectivity index is 2.24. The molecule has 0 radical (unpaired) electrons. The Morgan fingerprint density at radius 1 is 0.741 bits per heavy atom. The fourth-order valence-electron chi connectivity index (χ4n) is 2.93. The molecule has 13 nitrogen and oxygen atoms in total. The number of carbonyl (C=O) groups is 2. The maximum atomic E-state index is 11.3. The van der Waals surface area contributed by atoms with Crippen molar-refractivity contribution < 1.29 is 63.9 Å². The summed E-state index contributed by atoms with van der Waals surface area (Å²) in [5.41, 5.74) is 0. The first-order valence-corrected chi connectivity index (χ1v) is 7.80. The largest absolute Gasteiger partial charge is 0.547 e. The van der Waals surface area contributed by atoms with Crippen LogP contribution in [-0.4, -0.2) is 108 Å². The Morgan fingerprint density at radius 2 is 1.19 bits per heavy atom. The Hall–Kier alpha value is -1.42. The van der Waals surface area contributed by atoms with Crippen molar-refractivity contribution in [2.45, 2.75) is 61.4 Å². The summed E-state index contributed by atoms with van der Waals surface area (Å²) in [5, 5.41) is 62.6. The molecule has 156 valence electrons. The first-order chi connectivity index (χ1) is 12.6. The third-order valence-corrected chi connectivity index (χ3v) is 4.35. The molecule has 13 heteroatoms. The molecule has 0 bridgehead atoms. The number of rotatable bonds is 6. The highest BCUT2D eigenvalue weighted by Crippen LogP contribution is 2.29. The molecule has 27 heavy (non-hydrogen) atoms. The molecular formula is C14H20O13-2. The van der Waals surface area contributed by atoms with Crippen LogP contribution in [0.15, 0.2) is 0 Å². The van der Waals surface area contributed by atoms with Crippen LogP contribution in [0.4, 0.5) is 0 Å². The van der Waals surface area contributed by atoms with E-state index in [4.69, 9.17) is 23.7 Å². The lowest BCUT2D eigenvalue weighted by Gasteiger charge is -2.47. The molecule has 0 aromatic heterocycles. The number of carbonyl (C=O) groups excluding carboxylic acids is 2. The SMILES string of the molecule is COC1OC(C(=O)[O-])[C@@H](OC2OC(C(=O)[O-])[C@@H](OC)[C@H](O)[C@H]2O)[C@H](O)[C@H]1O. The second kappa shape index (κ2) is 8.72. The van der Waals surface area contributed by atoms with E-state index < -0.39 is 73.4 Å². The van der Waals surface area contributed by atoms with Gasteiger partial charge in [0.2, 0.25) is 0 Å². The summed E-state index contributed by atoms with van der Waals surface area (Å²) < 4.78 is 24.5. The van der Waals surface area contributed by atoms with Crippen molar-refractivity contribution in [3.05, 3.63) is 0 Å². The van der Waals surface area contributed by atoms with Crippen LogP contribution < -0.4 is 10.2 Å². The molecule has 2 aliphatic heterocycles. The third kappa shape index (κ3) is 4.21. The van der Waals surface area contributed by atoms with E-state index in [-0.39, 0.29) is 0 Å². The summed E-state index contributed by atoms with van der Waals surface area (Å²) in [6.45, 7) is 0. The number of hydrogen-bond acceptors (Lipinski definition) is 13. The van der Waals surface area contributed by atoms with Crippen LogP contribution in [0.5, 0.6) is 0 Å². The highest BCUT2D eigenvalue weighted by molar-refractivity contribution is 5.71. The fourth-order valence-corrected chi connectivity index (χ4v) is 2.93. The van der Waals surface area contributed by atoms with Crippen LogP contribution in [0, 0.1) is 0 Å². The van der Waals surface area contributed by atoms with E-state index in [9.17, 15) is 40.2 Å². The molecule has 2 heterocycles. The van der Waals surface area contributed by atoms with E-state index in [1.54, 1.807) is 0 Å². The molecule has 10 atom stereocenters. The number of carboxylic acids is 2. The van der Waals surface area contributed by atoms with Crippen LogP contribution in [0.25, 0.3) is 0 Å². The van der Waals surface area contributed by atoms with E-state index in [2.05, 4.69) is 0 Å². The van der Waals surface area contributed by atoms with Crippen molar-refractivity contribution in [3.8, 4) is 0 Å². The monoisotopic (exact) mass is 396 g/mol. The summed E-state index contributed by atoms with van der Waals surface area (Å²) >= 11 is 0. The number of carboxylic acid groups (broad SMARTS) is 2. The predicted molar refractivity (Wildman–Crippen MR) is 74.0 cm³/mol. The molecule has 4 N–H and O–H groups in total. The summed E-state index contributed by atoms with van der Waals surface area (Å²) in [4.78, 5) is 22.5. The van der Waals surface area contributed by atoms with Gasteiger partial charge in [0.15, 0.2) is 12.6 Å². The standard InChI is InChI=1S/C14H22O13/c1-23-7-3(15)6(18)14(27-9(7)11(19)20)25-8-4(16)5(17)13(24-2)26-10(8)12(21)22/h3-10,13-18H,1-2H3,(H,19,20)(H,21,22)/p-2/t3-,4-,5-,6-,7+,8+,9?,10?,13?,14?/m1/s1. The highest BCUT2D eigenvalue weighted by Gasteiger charge is 2.51. The Morgan fingerprint density at radius 3 is 1.67 bits per heavy atom. The number of aliphatic hydroxyl groups excluding tert-OH is 4.